The molecule has 21 rings (SSSR count). The summed E-state index contributed by atoms with van der Waals surface area (Å²) in [5.41, 5.74) is 24.4. The Bertz CT molecular complexity index is 6120. The quantitative estimate of drug-likeness (QED) is 0.144. The van der Waals surface area contributed by atoms with Crippen molar-refractivity contribution in [1.29, 1.82) is 0 Å². The summed E-state index contributed by atoms with van der Waals surface area (Å²) in [4.78, 5) is 2.31. The van der Waals surface area contributed by atoms with Gasteiger partial charge in [-0.05, 0) is 247 Å². The Hall–Kier alpha value is -11.9. The summed E-state index contributed by atoms with van der Waals surface area (Å²) in [7, 11) is 0. The molecule has 0 N–H and O–H groups in total. The zero-order valence-corrected chi connectivity index (χ0v) is 54.5. The molecular weight excluding hydrogens is 1170 g/mol. The second-order valence-electron chi connectivity index (χ2n) is 28.3. The molecule has 0 aromatic heterocycles. The van der Waals surface area contributed by atoms with Crippen molar-refractivity contribution < 1.29 is 0 Å². The molecule has 0 spiro atoms. The number of anilines is 3. The van der Waals surface area contributed by atoms with Gasteiger partial charge in [0.25, 0.3) is 0 Å². The van der Waals surface area contributed by atoms with Gasteiger partial charge in [-0.1, -0.05) is 289 Å². The Morgan fingerprint density at radius 3 is 0.763 bits per heavy atom. The van der Waals surface area contributed by atoms with Crippen LogP contribution < -0.4 is 4.90 Å². The Kier molecular flexibility index (Phi) is 11.9. The predicted molar refractivity (Wildman–Crippen MR) is 416 cm³/mol. The van der Waals surface area contributed by atoms with Gasteiger partial charge in [-0.3, -0.25) is 0 Å². The number of hydrogen-bond acceptors (Lipinski definition) is 1. The molecule has 0 radical (unpaired) electrons. The van der Waals surface area contributed by atoms with E-state index < -0.39 is 0 Å². The molecule has 0 heterocycles. The third kappa shape index (κ3) is 8.32. The van der Waals surface area contributed by atoms with Gasteiger partial charge in [-0.25, -0.2) is 0 Å². The third-order valence-electron chi connectivity index (χ3n) is 22.4. The van der Waals surface area contributed by atoms with E-state index in [0.29, 0.717) is 0 Å². The van der Waals surface area contributed by atoms with Crippen molar-refractivity contribution in [2.24, 2.45) is 0 Å². The van der Waals surface area contributed by atoms with Crippen molar-refractivity contribution >= 4 is 114 Å². The van der Waals surface area contributed by atoms with Crippen LogP contribution in [0.1, 0.15) is 49.9 Å². The van der Waals surface area contributed by atoms with Gasteiger partial charge in [-0.2, -0.15) is 0 Å². The highest BCUT2D eigenvalue weighted by molar-refractivity contribution is 6.28. The Balaban J connectivity index is 0.000000132. The first-order valence-corrected chi connectivity index (χ1v) is 34.2. The van der Waals surface area contributed by atoms with Crippen LogP contribution in [0.2, 0.25) is 0 Å². The minimum absolute atomic E-state index is 0.121. The molecule has 2 aliphatic carbocycles. The van der Waals surface area contributed by atoms with Crippen molar-refractivity contribution in [2.45, 2.75) is 38.5 Å². The van der Waals surface area contributed by atoms with E-state index in [1.165, 1.54) is 186 Å². The maximum atomic E-state index is 2.47. The van der Waals surface area contributed by atoms with Crippen LogP contribution in [0.4, 0.5) is 17.1 Å². The Morgan fingerprint density at radius 1 is 0.186 bits per heavy atom. The second-order valence-corrected chi connectivity index (χ2v) is 28.3. The number of benzene rings is 19. The summed E-state index contributed by atoms with van der Waals surface area (Å²) < 4.78 is 0. The fraction of sp³-hybridized carbons (Fsp3) is 0.0625. The lowest BCUT2D eigenvalue weighted by Gasteiger charge is -2.25. The topological polar surface area (TPSA) is 3.24 Å². The Labute approximate surface area is 564 Å². The fourth-order valence-electron chi connectivity index (χ4n) is 17.5. The van der Waals surface area contributed by atoms with E-state index in [1.54, 1.807) is 0 Å². The zero-order chi connectivity index (χ0) is 64.4. The highest BCUT2D eigenvalue weighted by Gasteiger charge is 2.38. The summed E-state index contributed by atoms with van der Waals surface area (Å²) in [6.45, 7) is 9.57. The average molecular weight is 1230 g/mol. The van der Waals surface area contributed by atoms with Crippen molar-refractivity contribution in [3.8, 4) is 66.8 Å². The third-order valence-corrected chi connectivity index (χ3v) is 22.4. The van der Waals surface area contributed by atoms with Crippen molar-refractivity contribution in [1.82, 2.24) is 0 Å². The standard InChI is InChI=1S/C49H35N.C47H30/c1-49(2)45-30-36(32-18-24-40(25-19-32)50(38-12-5-3-6-13-38)39-14-7-4-8-15-39)22-27-42(45)43-28-23-37(31-46(43)49)41-26-20-35-17-16-33-10-9-11-34-21-29-44(41)48(35)47(33)34;1-47(2)41-25-33(35-19-13-31-11-9-27-5-3-7-29-15-23-39(35)45(31)43(27)29)17-21-37(41)38-22-18-34(26-42(38)47)36-20-14-32-12-10-28-6-4-8-30-16-24-40(36)46(32)44(28)30/h3-31H,1-2H3;3-26H,1-2H3. The van der Waals surface area contributed by atoms with Gasteiger partial charge in [0.2, 0.25) is 0 Å². The lowest BCUT2D eigenvalue weighted by atomic mass is 9.80. The number of rotatable bonds is 7. The smallest absolute Gasteiger partial charge is 0.0462 e. The van der Waals surface area contributed by atoms with Gasteiger partial charge in [0.05, 0.1) is 0 Å². The van der Waals surface area contributed by atoms with Crippen LogP contribution in [-0.4, -0.2) is 0 Å². The number of hydrogen-bond donors (Lipinski definition) is 0. The molecule has 0 amide bonds. The zero-order valence-electron chi connectivity index (χ0n) is 54.5. The molecule has 19 aromatic carbocycles. The van der Waals surface area contributed by atoms with E-state index in [-0.39, 0.29) is 10.8 Å². The highest BCUT2D eigenvalue weighted by Crippen LogP contribution is 2.54. The molecule has 0 atom stereocenters. The molecule has 0 bridgehead atoms. The fourth-order valence-corrected chi connectivity index (χ4v) is 17.5. The first-order valence-electron chi connectivity index (χ1n) is 34.2. The molecule has 19 aromatic rings. The van der Waals surface area contributed by atoms with Gasteiger partial charge in [0, 0.05) is 27.9 Å². The maximum absolute atomic E-state index is 2.47. The van der Waals surface area contributed by atoms with Crippen LogP contribution in [0.5, 0.6) is 0 Å². The molecule has 0 saturated carbocycles. The second kappa shape index (κ2) is 20.8. The Morgan fingerprint density at radius 2 is 0.433 bits per heavy atom. The number of para-hydroxylation sites is 2. The van der Waals surface area contributed by atoms with E-state index >= 15 is 0 Å². The van der Waals surface area contributed by atoms with Crippen LogP contribution in [0, 0.1) is 0 Å². The van der Waals surface area contributed by atoms with Crippen LogP contribution in [0.3, 0.4) is 0 Å². The summed E-state index contributed by atoms with van der Waals surface area (Å²) >= 11 is 0. The van der Waals surface area contributed by atoms with E-state index in [4.69, 9.17) is 0 Å². The molecule has 97 heavy (non-hydrogen) atoms. The van der Waals surface area contributed by atoms with Gasteiger partial charge in [-0.15, -0.1) is 0 Å². The normalized spacial score (nSPS) is 13.5. The van der Waals surface area contributed by atoms with E-state index in [1.807, 2.05) is 0 Å². The van der Waals surface area contributed by atoms with E-state index in [0.717, 1.165) is 17.1 Å². The minimum atomic E-state index is -0.127. The summed E-state index contributed by atoms with van der Waals surface area (Å²) in [5.74, 6) is 0. The SMILES string of the molecule is CC1(C)c2cc(-c3ccc(N(c4ccccc4)c4ccccc4)cc3)ccc2-c2ccc(-c3ccc4ccc5cccc6ccc3c4c56)cc21.CC1(C)c2cc(-c3ccc4ccc5cccc6ccc3c4c56)ccc2-c2ccc(-c3ccc4ccc5cccc6ccc3c4c56)cc21. The minimum Gasteiger partial charge on any atom is -0.311 e. The molecular formula is C96H65N. The molecule has 1 heteroatoms. The van der Waals surface area contributed by atoms with Crippen LogP contribution in [-0.2, 0) is 10.8 Å². The lowest BCUT2D eigenvalue weighted by Crippen LogP contribution is -2.15. The average Bonchev–Trinajstić information content (AvgIpc) is 1.70. The summed E-state index contributed by atoms with van der Waals surface area (Å²) in [6, 6.07) is 120. The van der Waals surface area contributed by atoms with Crippen molar-refractivity contribution in [3.05, 3.63) is 344 Å². The van der Waals surface area contributed by atoms with Crippen molar-refractivity contribution in [2.75, 3.05) is 4.90 Å². The van der Waals surface area contributed by atoms with E-state index in [2.05, 4.69) is 354 Å². The first-order chi connectivity index (χ1) is 47.6. The molecule has 454 valence electrons. The predicted octanol–water partition coefficient (Wildman–Crippen LogP) is 26.8. The van der Waals surface area contributed by atoms with E-state index in [9.17, 15) is 0 Å². The van der Waals surface area contributed by atoms with Gasteiger partial charge >= 0.3 is 0 Å². The molecule has 0 unspecified atom stereocenters. The van der Waals surface area contributed by atoms with Gasteiger partial charge in [0.15, 0.2) is 0 Å². The van der Waals surface area contributed by atoms with Crippen molar-refractivity contribution in [3.63, 3.8) is 0 Å². The molecule has 2 aliphatic rings. The number of nitrogens with zero attached hydrogens (tertiary/aromatic N) is 1. The molecule has 0 saturated heterocycles. The highest BCUT2D eigenvalue weighted by atomic mass is 15.1. The summed E-state index contributed by atoms with van der Waals surface area (Å²) in [6.07, 6.45) is 0. The van der Waals surface area contributed by atoms with Gasteiger partial charge in [0.1, 0.15) is 0 Å². The monoisotopic (exact) mass is 1230 g/mol. The molecule has 0 aliphatic heterocycles. The largest absolute Gasteiger partial charge is 0.311 e. The lowest BCUT2D eigenvalue weighted by molar-refractivity contribution is 0.660. The van der Waals surface area contributed by atoms with Gasteiger partial charge < -0.3 is 4.90 Å². The number of fused-ring (bicyclic) bond motifs is 6. The van der Waals surface area contributed by atoms with Crippen LogP contribution in [0.25, 0.3) is 164 Å². The maximum Gasteiger partial charge on any atom is 0.0462 e. The molecule has 0 fully saturated rings. The summed E-state index contributed by atoms with van der Waals surface area (Å²) in [5, 5.41) is 24.0. The first kappa shape index (κ1) is 55.5. The van der Waals surface area contributed by atoms with Crippen LogP contribution >= 0.6 is 0 Å². The molecule has 1 nitrogen and oxygen atoms in total. The van der Waals surface area contributed by atoms with Crippen LogP contribution in [0.15, 0.2) is 322 Å².